The van der Waals surface area contributed by atoms with Gasteiger partial charge in [0.25, 0.3) is 5.69 Å². The number of aliphatic imine (C=N–C) groups is 1. The van der Waals surface area contributed by atoms with E-state index in [-0.39, 0.29) is 22.8 Å². The molecule has 2 aromatic heterocycles. The maximum atomic E-state index is 11.1. The molecule has 0 atom stereocenters. The van der Waals surface area contributed by atoms with Gasteiger partial charge in [-0.2, -0.15) is 5.10 Å². The molecule has 10 heteroatoms. The fourth-order valence-corrected chi connectivity index (χ4v) is 3.62. The van der Waals surface area contributed by atoms with Gasteiger partial charge in [0.2, 0.25) is 5.13 Å². The Balaban J connectivity index is 0.000000427. The van der Waals surface area contributed by atoms with Gasteiger partial charge in [-0.25, -0.2) is 19.6 Å². The third-order valence-corrected chi connectivity index (χ3v) is 5.12. The van der Waals surface area contributed by atoms with Gasteiger partial charge in [0.05, 0.1) is 16.2 Å². The van der Waals surface area contributed by atoms with Crippen LogP contribution in [0.4, 0.5) is 10.8 Å². The van der Waals surface area contributed by atoms with Crippen molar-refractivity contribution in [2.24, 2.45) is 4.99 Å². The summed E-state index contributed by atoms with van der Waals surface area (Å²) >= 11 is 1.33. The number of nitro groups is 1. The molecule has 32 heavy (non-hydrogen) atoms. The van der Waals surface area contributed by atoms with Crippen LogP contribution in [-0.4, -0.2) is 30.9 Å². The molecule has 3 aromatic rings. The number of aromatic nitrogens is 4. The maximum Gasteiger partial charge on any atom is 2.00 e. The summed E-state index contributed by atoms with van der Waals surface area (Å²) in [5.74, 6) is 0.943. The van der Waals surface area contributed by atoms with Crippen molar-refractivity contribution in [1.29, 1.82) is 0 Å². The minimum Gasteiger partial charge on any atom is -0.258 e. The van der Waals surface area contributed by atoms with E-state index in [4.69, 9.17) is 0 Å². The minimum absolute atomic E-state index is 0. The van der Waals surface area contributed by atoms with Crippen LogP contribution in [0.1, 0.15) is 11.3 Å². The summed E-state index contributed by atoms with van der Waals surface area (Å²) in [5.41, 5.74) is 1.16. The van der Waals surface area contributed by atoms with Gasteiger partial charge in [0, 0.05) is 18.2 Å². The van der Waals surface area contributed by atoms with E-state index in [1.807, 2.05) is 57.8 Å². The normalized spacial score (nSPS) is 16.0. The number of thiazole rings is 1. The second-order valence-electron chi connectivity index (χ2n) is 6.20. The Morgan fingerprint density at radius 3 is 2.34 bits per heavy atom. The standard InChI is InChI=1S/C17H11N6O2S.C5H5.Fe/c24-23(25)14-8-4-3-7-13(14)9-19-17-21-15(12-5-1-2-6-12)16(26-17)22-11-18-10-20-22;1-2-4-5-3-1;/h1-11H;1-5H;/q;;+2/b19-9+;;. The van der Waals surface area contributed by atoms with Gasteiger partial charge in [0.1, 0.15) is 17.7 Å². The van der Waals surface area contributed by atoms with Crippen molar-refractivity contribution in [3.05, 3.63) is 122 Å². The van der Waals surface area contributed by atoms with Gasteiger partial charge in [-0.05, 0) is 63.9 Å². The first-order valence-corrected chi connectivity index (χ1v) is 10.1. The smallest absolute Gasteiger partial charge is 0.258 e. The van der Waals surface area contributed by atoms with E-state index in [2.05, 4.69) is 20.1 Å². The van der Waals surface area contributed by atoms with E-state index in [1.54, 1.807) is 29.2 Å². The predicted octanol–water partition coefficient (Wildman–Crippen LogP) is 4.15. The Labute approximate surface area is 201 Å². The second kappa shape index (κ2) is 12.0. The van der Waals surface area contributed by atoms with Gasteiger partial charge in [-0.15, -0.1) is 0 Å². The summed E-state index contributed by atoms with van der Waals surface area (Å²) in [7, 11) is 0. The van der Waals surface area contributed by atoms with Crippen LogP contribution in [0.25, 0.3) is 5.00 Å². The average Bonchev–Trinajstić information content (AvgIpc) is 3.60. The van der Waals surface area contributed by atoms with Crippen molar-refractivity contribution >= 4 is 28.4 Å². The summed E-state index contributed by atoms with van der Waals surface area (Å²) in [6, 6.07) is 6.44. The van der Waals surface area contributed by atoms with Gasteiger partial charge < -0.3 is 0 Å². The molecule has 8 nitrogen and oxygen atoms in total. The maximum absolute atomic E-state index is 11.1. The van der Waals surface area contributed by atoms with Crippen molar-refractivity contribution in [2.45, 2.75) is 0 Å². The first-order chi connectivity index (χ1) is 15.2. The molecule has 2 aliphatic rings. The third-order valence-electron chi connectivity index (χ3n) is 4.16. The number of nitrogens with zero attached hydrogens (tertiary/aromatic N) is 6. The van der Waals surface area contributed by atoms with E-state index in [9.17, 15) is 10.1 Å². The molecule has 5 rings (SSSR count). The van der Waals surface area contributed by atoms with E-state index in [0.29, 0.717) is 10.7 Å². The summed E-state index contributed by atoms with van der Waals surface area (Å²) in [4.78, 5) is 23.6. The zero-order valence-corrected chi connectivity index (χ0v) is 18.4. The molecule has 10 radical (unpaired) electrons. The summed E-state index contributed by atoms with van der Waals surface area (Å²) in [6.45, 7) is 0. The fraction of sp³-hybridized carbons (Fsp3) is 0. The molecule has 158 valence electrons. The minimum atomic E-state index is -0.431. The molecule has 2 fully saturated rings. The SMILES string of the molecule is O=[N+]([O-])c1ccccc1/C=N/c1nc([C]2[CH][CH][CH][CH]2)c(-n2cncn2)s1.[CH]1[CH][CH][CH][CH]1.[Fe+2]. The van der Waals surface area contributed by atoms with Crippen LogP contribution in [0.2, 0.25) is 0 Å². The van der Waals surface area contributed by atoms with Gasteiger partial charge >= 0.3 is 17.1 Å². The van der Waals surface area contributed by atoms with Crippen LogP contribution in [0.5, 0.6) is 0 Å². The van der Waals surface area contributed by atoms with Crippen LogP contribution < -0.4 is 0 Å². The molecule has 0 unspecified atom stereocenters. The van der Waals surface area contributed by atoms with E-state index >= 15 is 0 Å². The van der Waals surface area contributed by atoms with Crippen LogP contribution in [0.15, 0.2) is 41.9 Å². The Bertz CT molecular complexity index is 1020. The molecular formula is C22H16FeN6O2S+2. The average molecular weight is 484 g/mol. The van der Waals surface area contributed by atoms with Gasteiger partial charge in [0.15, 0.2) is 0 Å². The first kappa shape index (κ1) is 24.2. The molecule has 2 saturated carbocycles. The quantitative estimate of drug-likeness (QED) is 0.235. The molecule has 0 N–H and O–H groups in total. The largest absolute Gasteiger partial charge is 2.00 e. The summed E-state index contributed by atoms with van der Waals surface area (Å²) in [5, 5.41) is 16.5. The van der Waals surface area contributed by atoms with Crippen LogP contribution in [-0.2, 0) is 17.1 Å². The van der Waals surface area contributed by atoms with Crippen molar-refractivity contribution < 1.29 is 22.0 Å². The van der Waals surface area contributed by atoms with Crippen molar-refractivity contribution in [1.82, 2.24) is 19.7 Å². The molecule has 2 aliphatic carbocycles. The molecule has 0 bridgehead atoms. The van der Waals surface area contributed by atoms with Crippen molar-refractivity contribution in [3.8, 4) is 5.00 Å². The van der Waals surface area contributed by atoms with Crippen molar-refractivity contribution in [2.75, 3.05) is 0 Å². The Morgan fingerprint density at radius 2 is 1.72 bits per heavy atom. The molecule has 2 heterocycles. The number of nitro benzene ring substituents is 1. The second-order valence-corrected chi connectivity index (χ2v) is 7.16. The summed E-state index contributed by atoms with van der Waals surface area (Å²) in [6.07, 6.45) is 22.2. The number of rotatable bonds is 5. The zero-order chi connectivity index (χ0) is 21.5. The Kier molecular flexibility index (Phi) is 9.08. The molecule has 0 aliphatic heterocycles. The first-order valence-electron chi connectivity index (χ1n) is 9.24. The molecule has 1 aromatic carbocycles. The number of hydrogen-bond acceptors (Lipinski definition) is 7. The molecular weight excluding hydrogens is 468 g/mol. The van der Waals surface area contributed by atoms with E-state index in [0.717, 1.165) is 16.6 Å². The predicted molar refractivity (Wildman–Crippen MR) is 118 cm³/mol. The molecule has 0 amide bonds. The fourth-order valence-electron chi connectivity index (χ4n) is 2.75. The van der Waals surface area contributed by atoms with Gasteiger partial charge in [-0.1, -0.05) is 23.5 Å². The number of hydrogen-bond donors (Lipinski definition) is 0. The van der Waals surface area contributed by atoms with Gasteiger partial charge in [-0.3, -0.25) is 10.1 Å². The van der Waals surface area contributed by atoms with Crippen LogP contribution in [0, 0.1) is 73.8 Å². The van der Waals surface area contributed by atoms with Crippen LogP contribution in [0.3, 0.4) is 0 Å². The Morgan fingerprint density at radius 1 is 1.03 bits per heavy atom. The van der Waals surface area contributed by atoms with Crippen LogP contribution >= 0.6 is 11.3 Å². The molecule has 0 saturated heterocycles. The van der Waals surface area contributed by atoms with E-state index < -0.39 is 4.92 Å². The van der Waals surface area contributed by atoms with E-state index in [1.165, 1.54) is 29.9 Å². The topological polar surface area (TPSA) is 99.1 Å². The number of benzene rings is 1. The third kappa shape index (κ3) is 6.09. The zero-order valence-electron chi connectivity index (χ0n) is 16.5. The molecule has 0 spiro atoms. The number of para-hydroxylation sites is 1. The summed E-state index contributed by atoms with van der Waals surface area (Å²) < 4.78 is 1.63. The van der Waals surface area contributed by atoms with Crippen molar-refractivity contribution in [3.63, 3.8) is 0 Å². The Hall–Kier alpha value is -2.42. The monoisotopic (exact) mass is 484 g/mol.